The predicted octanol–water partition coefficient (Wildman–Crippen LogP) is 1.18. The van der Waals surface area contributed by atoms with Crippen LogP contribution in [0.3, 0.4) is 0 Å². The number of carbonyl (C=O) groups is 1. The number of hydrogen-bond acceptors (Lipinski definition) is 5. The second-order valence-electron chi connectivity index (χ2n) is 8.41. The molecule has 7 nitrogen and oxygen atoms in total. The first kappa shape index (κ1) is 18.9. The average Bonchev–Trinajstić information content (AvgIpc) is 3.23. The zero-order valence-electron chi connectivity index (χ0n) is 16.4. The monoisotopic (exact) mass is 376 g/mol. The maximum atomic E-state index is 13.4. The van der Waals surface area contributed by atoms with Gasteiger partial charge in [0.15, 0.2) is 0 Å². The van der Waals surface area contributed by atoms with Crippen LogP contribution in [0.15, 0.2) is 6.20 Å². The van der Waals surface area contributed by atoms with E-state index in [0.717, 1.165) is 77.2 Å². The molecule has 4 heterocycles. The third-order valence-electron chi connectivity index (χ3n) is 6.60. The van der Waals surface area contributed by atoms with Gasteiger partial charge in [-0.3, -0.25) is 14.4 Å². The molecule has 1 spiro atoms. The van der Waals surface area contributed by atoms with Gasteiger partial charge in [-0.15, -0.1) is 0 Å². The molecule has 3 aliphatic rings. The molecule has 1 N–H and O–H groups in total. The number of aromatic nitrogens is 2. The Hall–Kier alpha value is -1.44. The zero-order chi connectivity index (χ0) is 18.9. The summed E-state index contributed by atoms with van der Waals surface area (Å²) in [5, 5.41) is 13.6. The van der Waals surface area contributed by atoms with Crippen LogP contribution in [0.1, 0.15) is 43.4 Å². The van der Waals surface area contributed by atoms with Gasteiger partial charge in [0.1, 0.15) is 0 Å². The van der Waals surface area contributed by atoms with E-state index in [1.807, 2.05) is 17.8 Å². The lowest BCUT2D eigenvalue weighted by atomic mass is 9.77. The number of amides is 1. The summed E-state index contributed by atoms with van der Waals surface area (Å²) in [5.74, 6) is 0.385. The van der Waals surface area contributed by atoms with E-state index in [1.54, 1.807) is 0 Å². The largest absolute Gasteiger partial charge is 0.394 e. The van der Waals surface area contributed by atoms with Crippen LogP contribution in [0.2, 0.25) is 0 Å². The topological polar surface area (TPSA) is 70.8 Å². The van der Waals surface area contributed by atoms with Gasteiger partial charge in [0, 0.05) is 50.7 Å². The summed E-state index contributed by atoms with van der Waals surface area (Å²) in [7, 11) is 0. The van der Waals surface area contributed by atoms with E-state index in [9.17, 15) is 4.79 Å². The highest BCUT2D eigenvalue weighted by molar-refractivity contribution is 5.84. The molecule has 0 bridgehead atoms. The van der Waals surface area contributed by atoms with Crippen LogP contribution >= 0.6 is 0 Å². The zero-order valence-corrected chi connectivity index (χ0v) is 16.4. The molecule has 7 heteroatoms. The van der Waals surface area contributed by atoms with Crippen LogP contribution in [0.4, 0.5) is 0 Å². The minimum atomic E-state index is -0.189. The number of likely N-dealkylation sites (tertiary alicyclic amines) is 2. The molecule has 0 radical (unpaired) electrons. The molecular weight excluding hydrogens is 344 g/mol. The summed E-state index contributed by atoms with van der Waals surface area (Å²) < 4.78 is 7.30. The molecule has 3 fully saturated rings. The van der Waals surface area contributed by atoms with Crippen molar-refractivity contribution in [2.24, 2.45) is 5.41 Å². The smallest absolute Gasteiger partial charge is 0.230 e. The molecule has 1 amide bonds. The van der Waals surface area contributed by atoms with E-state index in [2.05, 4.69) is 14.9 Å². The predicted molar refractivity (Wildman–Crippen MR) is 101 cm³/mol. The molecule has 3 saturated heterocycles. The number of carbonyl (C=O) groups excluding carboxylic acids is 1. The molecule has 3 aliphatic heterocycles. The first-order valence-corrected chi connectivity index (χ1v) is 10.4. The lowest BCUT2D eigenvalue weighted by molar-refractivity contribution is -0.150. The van der Waals surface area contributed by atoms with E-state index in [0.29, 0.717) is 18.5 Å². The van der Waals surface area contributed by atoms with Gasteiger partial charge >= 0.3 is 0 Å². The maximum absolute atomic E-state index is 13.4. The Bertz CT molecular complexity index is 670. The molecule has 150 valence electrons. The van der Waals surface area contributed by atoms with E-state index in [4.69, 9.17) is 9.84 Å². The number of rotatable bonds is 5. The maximum Gasteiger partial charge on any atom is 0.230 e. The number of aryl methyl sites for hydroxylation is 1. The standard InChI is InChI=1S/C20H32N4O3/c1-16-17(14-23(21-16)9-10-25)13-22-8-6-20(15-22)5-2-7-24(19(20)26)18-3-11-27-12-4-18/h14,18,25H,2-13,15H2,1H3/t20-/m0/s1. The molecule has 0 unspecified atom stereocenters. The summed E-state index contributed by atoms with van der Waals surface area (Å²) in [6.45, 7) is 7.80. The normalized spacial score (nSPS) is 27.8. The fourth-order valence-electron chi connectivity index (χ4n) is 5.09. The number of hydrogen-bond donors (Lipinski definition) is 1. The molecule has 27 heavy (non-hydrogen) atoms. The van der Waals surface area contributed by atoms with Gasteiger partial charge in [0.05, 0.1) is 24.3 Å². The minimum Gasteiger partial charge on any atom is -0.394 e. The lowest BCUT2D eigenvalue weighted by Crippen LogP contribution is -2.54. The minimum absolute atomic E-state index is 0.101. The Balaban J connectivity index is 1.42. The van der Waals surface area contributed by atoms with Gasteiger partial charge in [-0.05, 0) is 45.6 Å². The molecule has 1 aromatic rings. The molecule has 0 saturated carbocycles. The molecule has 4 rings (SSSR count). The quantitative estimate of drug-likeness (QED) is 0.836. The lowest BCUT2D eigenvalue weighted by Gasteiger charge is -2.44. The van der Waals surface area contributed by atoms with Crippen molar-refractivity contribution in [2.45, 2.75) is 58.2 Å². The third kappa shape index (κ3) is 3.77. The molecule has 1 aromatic heterocycles. The second-order valence-corrected chi connectivity index (χ2v) is 8.41. The first-order valence-electron chi connectivity index (χ1n) is 10.4. The fourth-order valence-corrected chi connectivity index (χ4v) is 5.09. The molecule has 0 aliphatic carbocycles. The van der Waals surface area contributed by atoms with Gasteiger partial charge in [0.2, 0.25) is 5.91 Å². The van der Waals surface area contributed by atoms with Crippen LogP contribution < -0.4 is 0 Å². The van der Waals surface area contributed by atoms with Crippen molar-refractivity contribution >= 4 is 5.91 Å². The molecular formula is C20H32N4O3. The van der Waals surface area contributed by atoms with Crippen molar-refractivity contribution in [3.05, 3.63) is 17.5 Å². The van der Waals surface area contributed by atoms with Crippen LogP contribution in [0.5, 0.6) is 0 Å². The van der Waals surface area contributed by atoms with Crippen molar-refractivity contribution in [2.75, 3.05) is 39.5 Å². The number of ether oxygens (including phenoxy) is 1. The van der Waals surface area contributed by atoms with E-state index >= 15 is 0 Å². The first-order chi connectivity index (χ1) is 13.1. The average molecular weight is 377 g/mol. The fraction of sp³-hybridized carbons (Fsp3) is 0.800. The number of aliphatic hydroxyl groups excluding tert-OH is 1. The highest BCUT2D eigenvalue weighted by atomic mass is 16.5. The van der Waals surface area contributed by atoms with Crippen LogP contribution in [-0.4, -0.2) is 76.1 Å². The molecule has 1 atom stereocenters. The van der Waals surface area contributed by atoms with Crippen LogP contribution in [0, 0.1) is 12.3 Å². The van der Waals surface area contributed by atoms with Crippen molar-refractivity contribution < 1.29 is 14.6 Å². The van der Waals surface area contributed by atoms with Crippen molar-refractivity contribution in [1.82, 2.24) is 19.6 Å². The van der Waals surface area contributed by atoms with Crippen LogP contribution in [0.25, 0.3) is 0 Å². The number of aliphatic hydroxyl groups is 1. The Labute approximate surface area is 161 Å². The Morgan fingerprint density at radius 3 is 2.89 bits per heavy atom. The van der Waals surface area contributed by atoms with Gasteiger partial charge in [0.25, 0.3) is 0 Å². The Morgan fingerprint density at radius 1 is 1.30 bits per heavy atom. The summed E-state index contributed by atoms with van der Waals surface area (Å²) in [5.41, 5.74) is 2.03. The van der Waals surface area contributed by atoms with Crippen molar-refractivity contribution in [3.63, 3.8) is 0 Å². The Kier molecular flexibility index (Phi) is 5.53. The third-order valence-corrected chi connectivity index (χ3v) is 6.60. The van der Waals surface area contributed by atoms with E-state index in [-0.39, 0.29) is 12.0 Å². The highest BCUT2D eigenvalue weighted by Gasteiger charge is 2.49. The summed E-state index contributed by atoms with van der Waals surface area (Å²) in [4.78, 5) is 18.0. The SMILES string of the molecule is Cc1nn(CCO)cc1CN1CC[C@@]2(CCCN(C3CCOCC3)C2=O)C1. The summed E-state index contributed by atoms with van der Waals surface area (Å²) in [6.07, 6.45) is 7.10. The Morgan fingerprint density at radius 2 is 2.11 bits per heavy atom. The second kappa shape index (κ2) is 7.89. The van der Waals surface area contributed by atoms with Gasteiger partial charge in [-0.2, -0.15) is 5.10 Å². The summed E-state index contributed by atoms with van der Waals surface area (Å²) in [6, 6.07) is 0.372. The van der Waals surface area contributed by atoms with Gasteiger partial charge in [-0.25, -0.2) is 0 Å². The number of piperidine rings is 1. The van der Waals surface area contributed by atoms with E-state index in [1.165, 1.54) is 5.56 Å². The van der Waals surface area contributed by atoms with Crippen molar-refractivity contribution in [3.8, 4) is 0 Å². The van der Waals surface area contributed by atoms with Crippen LogP contribution in [-0.2, 0) is 22.6 Å². The number of nitrogens with zero attached hydrogens (tertiary/aromatic N) is 4. The van der Waals surface area contributed by atoms with Gasteiger partial charge in [-0.1, -0.05) is 0 Å². The highest BCUT2D eigenvalue weighted by Crippen LogP contribution is 2.41. The van der Waals surface area contributed by atoms with E-state index < -0.39 is 0 Å². The van der Waals surface area contributed by atoms with Crippen molar-refractivity contribution in [1.29, 1.82) is 0 Å². The van der Waals surface area contributed by atoms with Gasteiger partial charge < -0.3 is 14.7 Å². The summed E-state index contributed by atoms with van der Waals surface area (Å²) >= 11 is 0. The molecule has 0 aromatic carbocycles.